The van der Waals surface area contributed by atoms with E-state index in [0.29, 0.717) is 0 Å². The molecule has 1 fully saturated rings. The van der Waals surface area contributed by atoms with Gasteiger partial charge in [0, 0.05) is 31.0 Å². The van der Waals surface area contributed by atoms with Gasteiger partial charge in [-0.2, -0.15) is 11.8 Å². The maximum Gasteiger partial charge on any atom is 0.253 e. The van der Waals surface area contributed by atoms with E-state index in [2.05, 4.69) is 24.4 Å². The normalized spacial score (nSPS) is 15.3. The van der Waals surface area contributed by atoms with Crippen LogP contribution in [0.15, 0.2) is 24.3 Å². The summed E-state index contributed by atoms with van der Waals surface area (Å²) in [6.07, 6.45) is 1.04. The van der Waals surface area contributed by atoms with E-state index in [9.17, 15) is 4.79 Å². The lowest BCUT2D eigenvalue weighted by Gasteiger charge is -2.20. The number of rotatable bonds is 4. The van der Waals surface area contributed by atoms with Crippen molar-refractivity contribution in [3.63, 3.8) is 0 Å². The number of hydrogen-bond donors (Lipinski definition) is 1. The Hall–Kier alpha value is -0.710. The highest BCUT2D eigenvalue weighted by Crippen LogP contribution is 2.14. The fourth-order valence-corrected chi connectivity index (χ4v) is 2.83. The van der Waals surface area contributed by atoms with Crippen molar-refractivity contribution in [1.29, 1.82) is 0 Å². The predicted octanol–water partition coefficient (Wildman–Crippen LogP) is 2.80. The molecule has 1 aliphatic rings. The van der Waals surface area contributed by atoms with Crippen LogP contribution in [0.5, 0.6) is 0 Å². The van der Waals surface area contributed by atoms with Crippen LogP contribution in [0.4, 0.5) is 0 Å². The lowest BCUT2D eigenvalue weighted by Crippen LogP contribution is -2.34. The van der Waals surface area contributed by atoms with Crippen molar-refractivity contribution < 1.29 is 4.79 Å². The van der Waals surface area contributed by atoms with Crippen LogP contribution < -0.4 is 5.32 Å². The first-order chi connectivity index (χ1) is 9.31. The zero-order valence-corrected chi connectivity index (χ0v) is 13.6. The molecule has 0 aromatic heterocycles. The Balaban J connectivity index is 0.00000200. The molecule has 0 aliphatic carbocycles. The molecule has 0 spiro atoms. The van der Waals surface area contributed by atoms with Crippen molar-refractivity contribution in [1.82, 2.24) is 10.2 Å². The third-order valence-corrected chi connectivity index (χ3v) is 4.25. The molecule has 1 N–H and O–H groups in total. The first kappa shape index (κ1) is 17.3. The number of carbonyl (C=O) groups excluding carboxylic acids is 1. The maximum absolute atomic E-state index is 12.4. The summed E-state index contributed by atoms with van der Waals surface area (Å²) in [4.78, 5) is 14.3. The van der Waals surface area contributed by atoms with Crippen LogP contribution in [-0.2, 0) is 5.75 Å². The fraction of sp³-hybridized carbons (Fsp3) is 0.533. The van der Waals surface area contributed by atoms with Crippen molar-refractivity contribution >= 4 is 30.1 Å². The lowest BCUT2D eigenvalue weighted by atomic mass is 10.1. The van der Waals surface area contributed by atoms with Gasteiger partial charge in [-0.1, -0.05) is 19.1 Å². The molecule has 0 bridgehead atoms. The first-order valence-corrected chi connectivity index (χ1v) is 8.13. The number of nitrogens with one attached hydrogen (secondary N) is 1. The van der Waals surface area contributed by atoms with E-state index in [1.54, 1.807) is 0 Å². The van der Waals surface area contributed by atoms with E-state index < -0.39 is 0 Å². The molecule has 1 aromatic carbocycles. The lowest BCUT2D eigenvalue weighted by molar-refractivity contribution is 0.0766. The van der Waals surface area contributed by atoms with Gasteiger partial charge in [-0.25, -0.2) is 0 Å². The topological polar surface area (TPSA) is 32.3 Å². The van der Waals surface area contributed by atoms with Crippen LogP contribution >= 0.6 is 24.2 Å². The van der Waals surface area contributed by atoms with Gasteiger partial charge < -0.3 is 10.2 Å². The zero-order valence-electron chi connectivity index (χ0n) is 11.9. The third-order valence-electron chi connectivity index (χ3n) is 3.30. The molecule has 0 atom stereocenters. The zero-order chi connectivity index (χ0) is 13.5. The number of nitrogens with zero attached hydrogens (tertiary/aromatic N) is 1. The summed E-state index contributed by atoms with van der Waals surface area (Å²) in [5.41, 5.74) is 2.10. The minimum absolute atomic E-state index is 0. The van der Waals surface area contributed by atoms with Crippen LogP contribution in [0.1, 0.15) is 29.3 Å². The molecule has 1 aliphatic heterocycles. The second kappa shape index (κ2) is 9.27. The molecule has 1 aromatic rings. The predicted molar refractivity (Wildman–Crippen MR) is 88.9 cm³/mol. The molecular weight excluding hydrogens is 292 g/mol. The summed E-state index contributed by atoms with van der Waals surface area (Å²) in [6, 6.07) is 8.08. The summed E-state index contributed by atoms with van der Waals surface area (Å²) < 4.78 is 0. The Morgan fingerprint density at radius 2 is 2.00 bits per heavy atom. The molecule has 1 amide bonds. The monoisotopic (exact) mass is 314 g/mol. The average Bonchev–Trinajstić information content (AvgIpc) is 2.74. The standard InChI is InChI=1S/C15H22N2OS.ClH/c1-2-19-12-13-4-6-14(7-5-13)15(18)17-10-3-8-16-9-11-17;/h4-7,16H,2-3,8-12H2,1H3;1H. The van der Waals surface area contributed by atoms with Crippen LogP contribution in [-0.4, -0.2) is 42.7 Å². The molecule has 0 radical (unpaired) electrons. The fourth-order valence-electron chi connectivity index (χ4n) is 2.19. The highest BCUT2D eigenvalue weighted by molar-refractivity contribution is 7.98. The van der Waals surface area contributed by atoms with Gasteiger partial charge in [0.1, 0.15) is 0 Å². The van der Waals surface area contributed by atoms with E-state index in [-0.39, 0.29) is 18.3 Å². The second-order valence-corrected chi connectivity index (χ2v) is 6.00. The number of halogens is 1. The number of thioether (sulfide) groups is 1. The van der Waals surface area contributed by atoms with Gasteiger partial charge in [0.2, 0.25) is 0 Å². The van der Waals surface area contributed by atoms with Gasteiger partial charge in [-0.15, -0.1) is 12.4 Å². The molecule has 0 unspecified atom stereocenters. The highest BCUT2D eigenvalue weighted by atomic mass is 35.5. The van der Waals surface area contributed by atoms with Crippen molar-refractivity contribution in [3.8, 4) is 0 Å². The Labute approximate surface area is 131 Å². The molecule has 5 heteroatoms. The summed E-state index contributed by atoms with van der Waals surface area (Å²) in [6.45, 7) is 5.75. The molecule has 112 valence electrons. The van der Waals surface area contributed by atoms with E-state index >= 15 is 0 Å². The summed E-state index contributed by atoms with van der Waals surface area (Å²) >= 11 is 1.90. The minimum atomic E-state index is 0. The molecular formula is C15H23ClN2OS. The molecule has 0 saturated carbocycles. The summed E-state index contributed by atoms with van der Waals surface area (Å²) in [7, 11) is 0. The van der Waals surface area contributed by atoms with E-state index in [0.717, 1.165) is 49.7 Å². The maximum atomic E-state index is 12.4. The van der Waals surface area contributed by atoms with Gasteiger partial charge in [-0.05, 0) is 36.4 Å². The van der Waals surface area contributed by atoms with Crippen LogP contribution in [0, 0.1) is 0 Å². The SMILES string of the molecule is CCSCc1ccc(C(=O)N2CCCNCC2)cc1.Cl. The first-order valence-electron chi connectivity index (χ1n) is 6.98. The van der Waals surface area contributed by atoms with Gasteiger partial charge in [0.25, 0.3) is 5.91 Å². The van der Waals surface area contributed by atoms with E-state index in [1.807, 2.05) is 28.8 Å². The second-order valence-electron chi connectivity index (χ2n) is 4.73. The summed E-state index contributed by atoms with van der Waals surface area (Å²) in [5, 5.41) is 3.32. The number of hydrogen-bond acceptors (Lipinski definition) is 3. The van der Waals surface area contributed by atoms with Crippen molar-refractivity contribution in [3.05, 3.63) is 35.4 Å². The molecule has 20 heavy (non-hydrogen) atoms. The molecule has 3 nitrogen and oxygen atoms in total. The van der Waals surface area contributed by atoms with Crippen LogP contribution in [0.3, 0.4) is 0 Å². The Bertz CT molecular complexity index is 403. The molecule has 1 saturated heterocycles. The Morgan fingerprint density at radius 3 is 2.70 bits per heavy atom. The smallest absolute Gasteiger partial charge is 0.253 e. The van der Waals surface area contributed by atoms with Gasteiger partial charge >= 0.3 is 0 Å². The largest absolute Gasteiger partial charge is 0.337 e. The van der Waals surface area contributed by atoms with Crippen molar-refractivity contribution in [2.45, 2.75) is 19.1 Å². The van der Waals surface area contributed by atoms with Crippen LogP contribution in [0.2, 0.25) is 0 Å². The van der Waals surface area contributed by atoms with Gasteiger partial charge in [0.15, 0.2) is 0 Å². The van der Waals surface area contributed by atoms with Crippen LogP contribution in [0.25, 0.3) is 0 Å². The van der Waals surface area contributed by atoms with Crippen molar-refractivity contribution in [2.24, 2.45) is 0 Å². The summed E-state index contributed by atoms with van der Waals surface area (Å²) in [5.74, 6) is 2.32. The number of benzene rings is 1. The van der Waals surface area contributed by atoms with E-state index in [1.165, 1.54) is 5.56 Å². The van der Waals surface area contributed by atoms with Gasteiger partial charge in [0.05, 0.1) is 0 Å². The minimum Gasteiger partial charge on any atom is -0.337 e. The average molecular weight is 315 g/mol. The highest BCUT2D eigenvalue weighted by Gasteiger charge is 2.16. The Morgan fingerprint density at radius 1 is 1.25 bits per heavy atom. The third kappa shape index (κ3) is 5.00. The quantitative estimate of drug-likeness (QED) is 0.927. The Kier molecular flexibility index (Phi) is 8.04. The van der Waals surface area contributed by atoms with Crippen molar-refractivity contribution in [2.75, 3.05) is 31.9 Å². The molecule has 1 heterocycles. The van der Waals surface area contributed by atoms with E-state index in [4.69, 9.17) is 0 Å². The number of amides is 1. The van der Waals surface area contributed by atoms with Gasteiger partial charge in [-0.3, -0.25) is 4.79 Å². The molecule has 2 rings (SSSR count). The number of carbonyl (C=O) groups is 1.